The molecular weight excluding hydrogens is 279 g/mol. The SMILES string of the molecule is COCCC(CO)NC(=O)c1cc(Cl)c(Cl)n1C. The van der Waals surface area contributed by atoms with E-state index >= 15 is 0 Å². The molecule has 1 amide bonds. The van der Waals surface area contributed by atoms with Crippen molar-refractivity contribution >= 4 is 29.1 Å². The molecule has 0 spiro atoms. The Hall–Kier alpha value is -0.750. The Labute approximate surface area is 116 Å². The smallest absolute Gasteiger partial charge is 0.268 e. The number of halogens is 2. The molecule has 0 aliphatic carbocycles. The molecular formula is C11H16Cl2N2O3. The lowest BCUT2D eigenvalue weighted by atomic mass is 10.2. The van der Waals surface area contributed by atoms with Gasteiger partial charge in [0.15, 0.2) is 0 Å². The quantitative estimate of drug-likeness (QED) is 0.835. The fourth-order valence-electron chi connectivity index (χ4n) is 1.49. The molecule has 5 nitrogen and oxygen atoms in total. The van der Waals surface area contributed by atoms with Gasteiger partial charge in [-0.1, -0.05) is 23.2 Å². The number of hydrogen-bond donors (Lipinski definition) is 2. The van der Waals surface area contributed by atoms with Gasteiger partial charge in [0.05, 0.1) is 17.7 Å². The molecule has 18 heavy (non-hydrogen) atoms. The second kappa shape index (κ2) is 6.99. The largest absolute Gasteiger partial charge is 0.394 e. The lowest BCUT2D eigenvalue weighted by Crippen LogP contribution is -2.39. The molecule has 1 heterocycles. The van der Waals surface area contributed by atoms with Crippen LogP contribution < -0.4 is 5.32 Å². The number of carbonyl (C=O) groups excluding carboxylic acids is 1. The lowest BCUT2D eigenvalue weighted by Gasteiger charge is -2.16. The first-order chi connectivity index (χ1) is 8.51. The van der Waals surface area contributed by atoms with Crippen LogP contribution in [0.5, 0.6) is 0 Å². The summed E-state index contributed by atoms with van der Waals surface area (Å²) in [4.78, 5) is 12.0. The zero-order chi connectivity index (χ0) is 13.7. The van der Waals surface area contributed by atoms with Crippen molar-refractivity contribution in [3.63, 3.8) is 0 Å². The van der Waals surface area contributed by atoms with Crippen molar-refractivity contribution in [2.75, 3.05) is 20.3 Å². The van der Waals surface area contributed by atoms with E-state index in [1.807, 2.05) is 0 Å². The topological polar surface area (TPSA) is 63.5 Å². The van der Waals surface area contributed by atoms with Gasteiger partial charge in [-0.05, 0) is 12.5 Å². The molecule has 1 atom stereocenters. The Balaban J connectivity index is 2.71. The third kappa shape index (κ3) is 3.62. The zero-order valence-corrected chi connectivity index (χ0v) is 11.8. The second-order valence-electron chi connectivity index (χ2n) is 3.86. The van der Waals surface area contributed by atoms with Gasteiger partial charge in [0.1, 0.15) is 10.8 Å². The number of aliphatic hydroxyl groups is 1. The highest BCUT2D eigenvalue weighted by Crippen LogP contribution is 2.25. The van der Waals surface area contributed by atoms with Gasteiger partial charge in [0.25, 0.3) is 5.91 Å². The van der Waals surface area contributed by atoms with Gasteiger partial charge in [-0.3, -0.25) is 4.79 Å². The zero-order valence-electron chi connectivity index (χ0n) is 10.2. The normalized spacial score (nSPS) is 12.5. The number of ether oxygens (including phenoxy) is 1. The molecule has 0 saturated carbocycles. The Bertz CT molecular complexity index is 421. The predicted octanol–water partition coefficient (Wildman–Crippen LogP) is 1.46. The number of nitrogens with zero attached hydrogens (tertiary/aromatic N) is 1. The maximum absolute atomic E-state index is 12.0. The van der Waals surface area contributed by atoms with Crippen molar-refractivity contribution in [2.45, 2.75) is 12.5 Å². The molecule has 0 radical (unpaired) electrons. The molecule has 0 fully saturated rings. The Kier molecular flexibility index (Phi) is 5.95. The maximum atomic E-state index is 12.0. The van der Waals surface area contributed by atoms with E-state index in [1.54, 1.807) is 14.2 Å². The minimum absolute atomic E-state index is 0.152. The average Bonchev–Trinajstić information content (AvgIpc) is 2.62. The Morgan fingerprint density at radius 1 is 1.61 bits per heavy atom. The van der Waals surface area contributed by atoms with Crippen LogP contribution in [0.25, 0.3) is 0 Å². The summed E-state index contributed by atoms with van der Waals surface area (Å²) in [6, 6.07) is 1.13. The van der Waals surface area contributed by atoms with Crippen LogP contribution in [0.3, 0.4) is 0 Å². The predicted molar refractivity (Wildman–Crippen MR) is 70.3 cm³/mol. The number of aromatic nitrogens is 1. The summed E-state index contributed by atoms with van der Waals surface area (Å²) in [6.45, 7) is 0.307. The van der Waals surface area contributed by atoms with E-state index in [0.717, 1.165) is 0 Å². The number of carbonyl (C=O) groups is 1. The van der Waals surface area contributed by atoms with Crippen LogP contribution >= 0.6 is 23.2 Å². The number of hydrogen-bond acceptors (Lipinski definition) is 3. The molecule has 2 N–H and O–H groups in total. The highest BCUT2D eigenvalue weighted by atomic mass is 35.5. The molecule has 0 saturated heterocycles. The van der Waals surface area contributed by atoms with E-state index in [2.05, 4.69) is 5.32 Å². The van der Waals surface area contributed by atoms with Crippen molar-refractivity contribution in [3.8, 4) is 0 Å². The lowest BCUT2D eigenvalue weighted by molar-refractivity contribution is 0.0886. The monoisotopic (exact) mass is 294 g/mol. The van der Waals surface area contributed by atoms with Crippen molar-refractivity contribution < 1.29 is 14.6 Å². The van der Waals surface area contributed by atoms with E-state index in [1.165, 1.54) is 10.6 Å². The van der Waals surface area contributed by atoms with Crippen LogP contribution in [0.2, 0.25) is 10.2 Å². The van der Waals surface area contributed by atoms with Gasteiger partial charge in [-0.2, -0.15) is 0 Å². The minimum atomic E-state index is -0.357. The van der Waals surface area contributed by atoms with Crippen LogP contribution in [0, 0.1) is 0 Å². The van der Waals surface area contributed by atoms with Crippen LogP contribution in [-0.2, 0) is 11.8 Å². The number of rotatable bonds is 6. The first-order valence-electron chi connectivity index (χ1n) is 5.42. The molecule has 102 valence electrons. The van der Waals surface area contributed by atoms with Crippen molar-refractivity contribution in [3.05, 3.63) is 21.9 Å². The Morgan fingerprint density at radius 3 is 2.72 bits per heavy atom. The highest BCUT2D eigenvalue weighted by Gasteiger charge is 2.18. The van der Waals surface area contributed by atoms with Crippen LogP contribution in [-0.4, -0.2) is 41.9 Å². The maximum Gasteiger partial charge on any atom is 0.268 e. The van der Waals surface area contributed by atoms with Crippen LogP contribution in [0.1, 0.15) is 16.9 Å². The summed E-state index contributed by atoms with van der Waals surface area (Å²) in [5, 5.41) is 12.5. The standard InChI is InChI=1S/C11H16Cl2N2O3/c1-15-9(5-8(12)10(15)13)11(17)14-7(6-16)3-4-18-2/h5,7,16H,3-4,6H2,1-2H3,(H,14,17). The minimum Gasteiger partial charge on any atom is -0.394 e. The number of nitrogens with one attached hydrogen (secondary N) is 1. The first-order valence-corrected chi connectivity index (χ1v) is 6.18. The molecule has 1 aromatic rings. The van der Waals surface area contributed by atoms with Gasteiger partial charge in [0, 0.05) is 20.8 Å². The fraction of sp³-hybridized carbons (Fsp3) is 0.545. The molecule has 0 aliphatic rings. The van der Waals surface area contributed by atoms with E-state index in [4.69, 9.17) is 33.0 Å². The molecule has 1 unspecified atom stereocenters. The number of amides is 1. The molecule has 1 aromatic heterocycles. The summed E-state index contributed by atoms with van der Waals surface area (Å²) in [5.41, 5.74) is 0.348. The summed E-state index contributed by atoms with van der Waals surface area (Å²) in [7, 11) is 3.21. The summed E-state index contributed by atoms with van der Waals surface area (Å²) in [6.07, 6.45) is 0.532. The molecule has 1 rings (SSSR count). The van der Waals surface area contributed by atoms with Gasteiger partial charge < -0.3 is 19.7 Å². The molecule has 0 aromatic carbocycles. The molecule has 7 heteroatoms. The molecule has 0 aliphatic heterocycles. The van der Waals surface area contributed by atoms with Crippen LogP contribution in [0.4, 0.5) is 0 Å². The fourth-order valence-corrected chi connectivity index (χ4v) is 1.86. The van der Waals surface area contributed by atoms with Crippen molar-refractivity contribution in [2.24, 2.45) is 7.05 Å². The Morgan fingerprint density at radius 2 is 2.28 bits per heavy atom. The van der Waals surface area contributed by atoms with Gasteiger partial charge in [0.2, 0.25) is 0 Å². The van der Waals surface area contributed by atoms with E-state index in [0.29, 0.717) is 28.9 Å². The summed E-state index contributed by atoms with van der Waals surface area (Å²) < 4.78 is 6.39. The number of methoxy groups -OCH3 is 1. The second-order valence-corrected chi connectivity index (χ2v) is 4.63. The van der Waals surface area contributed by atoms with Gasteiger partial charge in [-0.15, -0.1) is 0 Å². The summed E-state index contributed by atoms with van der Waals surface area (Å²) in [5.74, 6) is -0.332. The van der Waals surface area contributed by atoms with Gasteiger partial charge >= 0.3 is 0 Å². The summed E-state index contributed by atoms with van der Waals surface area (Å²) >= 11 is 11.7. The number of aliphatic hydroxyl groups excluding tert-OH is 1. The van der Waals surface area contributed by atoms with E-state index < -0.39 is 0 Å². The van der Waals surface area contributed by atoms with Crippen molar-refractivity contribution in [1.82, 2.24) is 9.88 Å². The first kappa shape index (κ1) is 15.3. The van der Waals surface area contributed by atoms with Gasteiger partial charge in [-0.25, -0.2) is 0 Å². The third-order valence-electron chi connectivity index (χ3n) is 2.58. The third-order valence-corrected chi connectivity index (χ3v) is 3.42. The van der Waals surface area contributed by atoms with Crippen LogP contribution in [0.15, 0.2) is 6.07 Å². The molecule has 0 bridgehead atoms. The highest BCUT2D eigenvalue weighted by molar-refractivity contribution is 6.41. The van der Waals surface area contributed by atoms with Crippen molar-refractivity contribution in [1.29, 1.82) is 0 Å². The van der Waals surface area contributed by atoms with E-state index in [9.17, 15) is 4.79 Å². The van der Waals surface area contributed by atoms with E-state index in [-0.39, 0.29) is 18.6 Å². The average molecular weight is 295 g/mol.